The van der Waals surface area contributed by atoms with Crippen LogP contribution in [0.15, 0.2) is 23.3 Å². The Kier molecular flexibility index (Phi) is 7.35. The molecule has 2 rings (SSSR count). The Morgan fingerprint density at radius 2 is 1.75 bits per heavy atom. The Hall–Kier alpha value is -1.78. The number of ether oxygens (including phenoxy) is 1. The first-order chi connectivity index (χ1) is 13.1. The van der Waals surface area contributed by atoms with Crippen molar-refractivity contribution in [3.63, 3.8) is 0 Å². The number of epoxide rings is 1. The van der Waals surface area contributed by atoms with Crippen molar-refractivity contribution in [2.24, 2.45) is 0 Å². The smallest absolute Gasteiger partial charge is 0.154 e. The molecule has 1 fully saturated rings. The van der Waals surface area contributed by atoms with Crippen molar-refractivity contribution < 1.29 is 19.7 Å². The summed E-state index contributed by atoms with van der Waals surface area (Å²) in [5.74, 6) is -0.355. The number of allylic oxidation sites excluding steroid dienone is 4. The molecule has 1 aromatic rings. The van der Waals surface area contributed by atoms with Gasteiger partial charge in [-0.1, -0.05) is 34.9 Å². The van der Waals surface area contributed by atoms with Gasteiger partial charge in [0.25, 0.3) is 0 Å². The summed E-state index contributed by atoms with van der Waals surface area (Å²) < 4.78 is 5.61. The van der Waals surface area contributed by atoms with Gasteiger partial charge in [-0.05, 0) is 72.3 Å². The third kappa shape index (κ3) is 5.39. The molecule has 1 unspecified atom stereocenters. The van der Waals surface area contributed by atoms with Crippen molar-refractivity contribution in [2.45, 2.75) is 78.4 Å². The Balaban J connectivity index is 1.91. The fourth-order valence-electron chi connectivity index (χ4n) is 3.34. The number of aromatic hydroxyl groups is 2. The van der Waals surface area contributed by atoms with E-state index in [0.717, 1.165) is 31.3 Å². The first-order valence-electron chi connectivity index (χ1n) is 9.75. The number of carbonyl (C=O) groups excluding carboxylic acids is 1. The van der Waals surface area contributed by atoms with Crippen LogP contribution < -0.4 is 0 Å². The van der Waals surface area contributed by atoms with Crippen molar-refractivity contribution in [3.05, 3.63) is 45.0 Å². The van der Waals surface area contributed by atoms with Crippen LogP contribution in [0.25, 0.3) is 0 Å². The zero-order chi connectivity index (χ0) is 21.1. The zero-order valence-electron chi connectivity index (χ0n) is 17.4. The second-order valence-corrected chi connectivity index (χ2v) is 8.62. The molecule has 1 heterocycles. The van der Waals surface area contributed by atoms with Gasteiger partial charge in [-0.25, -0.2) is 0 Å². The minimum Gasteiger partial charge on any atom is -0.507 e. The molecular weight excluding hydrogens is 376 g/mol. The normalized spacial score (nSPS) is 19.0. The number of hydrogen-bond donors (Lipinski definition) is 2. The van der Waals surface area contributed by atoms with Crippen LogP contribution in [0.3, 0.4) is 0 Å². The van der Waals surface area contributed by atoms with Crippen LogP contribution in [0.5, 0.6) is 11.5 Å². The Bertz CT molecular complexity index is 806. The van der Waals surface area contributed by atoms with Crippen molar-refractivity contribution in [1.29, 1.82) is 0 Å². The molecule has 28 heavy (non-hydrogen) atoms. The van der Waals surface area contributed by atoms with Gasteiger partial charge < -0.3 is 14.9 Å². The average molecular weight is 407 g/mol. The van der Waals surface area contributed by atoms with Gasteiger partial charge in [0, 0.05) is 5.56 Å². The standard InChI is InChI=1S/C23H31ClO4/c1-14(7-6-8-15(2)10-12-19-23(4,5)28-19)9-11-17-21(26)18(13-25)16(3)20(24)22(17)27/h8-9,13,19,26-27H,6-7,10-12H2,1-5H3/b14-9+,15-8+. The monoisotopic (exact) mass is 406 g/mol. The van der Waals surface area contributed by atoms with Gasteiger partial charge >= 0.3 is 0 Å². The number of carbonyl (C=O) groups is 1. The van der Waals surface area contributed by atoms with E-state index in [1.54, 1.807) is 6.92 Å². The van der Waals surface area contributed by atoms with E-state index < -0.39 is 0 Å². The summed E-state index contributed by atoms with van der Waals surface area (Å²) in [6.45, 7) is 10.0. The lowest BCUT2D eigenvalue weighted by atomic mass is 9.98. The van der Waals surface area contributed by atoms with E-state index in [1.807, 2.05) is 13.0 Å². The van der Waals surface area contributed by atoms with Gasteiger partial charge in [-0.15, -0.1) is 0 Å². The number of benzene rings is 1. The van der Waals surface area contributed by atoms with Crippen molar-refractivity contribution in [1.82, 2.24) is 0 Å². The summed E-state index contributed by atoms with van der Waals surface area (Å²) in [4.78, 5) is 11.2. The highest BCUT2D eigenvalue weighted by atomic mass is 35.5. The lowest BCUT2D eigenvalue weighted by Gasteiger charge is -2.13. The van der Waals surface area contributed by atoms with Crippen LogP contribution in [0.4, 0.5) is 0 Å². The summed E-state index contributed by atoms with van der Waals surface area (Å²) in [6, 6.07) is 0. The molecule has 1 atom stereocenters. The third-order valence-electron chi connectivity index (χ3n) is 5.54. The lowest BCUT2D eigenvalue weighted by Crippen LogP contribution is -2.02. The van der Waals surface area contributed by atoms with Gasteiger partial charge in [-0.3, -0.25) is 4.79 Å². The molecule has 4 nitrogen and oxygen atoms in total. The van der Waals surface area contributed by atoms with E-state index in [-0.39, 0.29) is 33.2 Å². The Morgan fingerprint density at radius 1 is 1.14 bits per heavy atom. The second kappa shape index (κ2) is 9.15. The maximum Gasteiger partial charge on any atom is 0.154 e. The van der Waals surface area contributed by atoms with E-state index in [1.165, 1.54) is 5.57 Å². The molecule has 1 aliphatic heterocycles. The Labute approximate surface area is 172 Å². The topological polar surface area (TPSA) is 70.1 Å². The lowest BCUT2D eigenvalue weighted by molar-refractivity contribution is 0.112. The van der Waals surface area contributed by atoms with Crippen molar-refractivity contribution in [2.75, 3.05) is 0 Å². The van der Waals surface area contributed by atoms with E-state index in [2.05, 4.69) is 26.8 Å². The van der Waals surface area contributed by atoms with Gasteiger partial charge in [0.05, 0.1) is 22.3 Å². The van der Waals surface area contributed by atoms with Crippen LogP contribution in [-0.4, -0.2) is 28.2 Å². The maximum atomic E-state index is 11.2. The third-order valence-corrected chi connectivity index (χ3v) is 6.00. The summed E-state index contributed by atoms with van der Waals surface area (Å²) >= 11 is 6.09. The molecule has 1 aliphatic rings. The molecule has 2 N–H and O–H groups in total. The molecule has 1 saturated heterocycles. The highest BCUT2D eigenvalue weighted by Crippen LogP contribution is 2.40. The SMILES string of the molecule is C/C(=C\Cc1c(O)c(Cl)c(C)c(C=O)c1O)CC/C=C(\C)CCC1OC1(C)C. The number of hydrogen-bond acceptors (Lipinski definition) is 4. The van der Waals surface area contributed by atoms with E-state index in [4.69, 9.17) is 16.3 Å². The zero-order valence-corrected chi connectivity index (χ0v) is 18.2. The number of aldehydes is 1. The molecule has 0 bridgehead atoms. The number of phenols is 2. The van der Waals surface area contributed by atoms with E-state index in [0.29, 0.717) is 24.4 Å². The van der Waals surface area contributed by atoms with Crippen LogP contribution >= 0.6 is 11.6 Å². The predicted octanol–water partition coefficient (Wildman–Crippen LogP) is 6.05. The predicted molar refractivity (Wildman–Crippen MR) is 114 cm³/mol. The van der Waals surface area contributed by atoms with E-state index >= 15 is 0 Å². The van der Waals surface area contributed by atoms with Crippen LogP contribution in [0, 0.1) is 6.92 Å². The largest absolute Gasteiger partial charge is 0.507 e. The second-order valence-electron chi connectivity index (χ2n) is 8.24. The molecule has 154 valence electrons. The number of phenolic OH excluding ortho intramolecular Hbond substituents is 2. The minimum absolute atomic E-state index is 0.0549. The first kappa shape index (κ1) is 22.5. The van der Waals surface area contributed by atoms with Crippen molar-refractivity contribution in [3.8, 4) is 11.5 Å². The highest BCUT2D eigenvalue weighted by Gasteiger charge is 2.46. The number of halogens is 1. The highest BCUT2D eigenvalue weighted by molar-refractivity contribution is 6.33. The molecule has 0 amide bonds. The van der Waals surface area contributed by atoms with Crippen LogP contribution in [0.1, 0.15) is 74.9 Å². The molecule has 0 radical (unpaired) electrons. The minimum atomic E-state index is -0.195. The van der Waals surface area contributed by atoms with Crippen LogP contribution in [-0.2, 0) is 11.2 Å². The fraction of sp³-hybridized carbons (Fsp3) is 0.522. The molecule has 0 aromatic heterocycles. The summed E-state index contributed by atoms with van der Waals surface area (Å²) in [5, 5.41) is 20.6. The summed E-state index contributed by atoms with van der Waals surface area (Å²) in [5.41, 5.74) is 3.38. The molecule has 0 spiro atoms. The maximum absolute atomic E-state index is 11.2. The van der Waals surface area contributed by atoms with Gasteiger partial charge in [-0.2, -0.15) is 0 Å². The van der Waals surface area contributed by atoms with Gasteiger partial charge in [0.2, 0.25) is 0 Å². The van der Waals surface area contributed by atoms with Crippen LogP contribution in [0.2, 0.25) is 5.02 Å². The van der Waals surface area contributed by atoms with Gasteiger partial charge in [0.15, 0.2) is 6.29 Å². The quantitative estimate of drug-likeness (QED) is 0.297. The summed E-state index contributed by atoms with van der Waals surface area (Å²) in [7, 11) is 0. The van der Waals surface area contributed by atoms with Gasteiger partial charge in [0.1, 0.15) is 11.5 Å². The number of rotatable bonds is 9. The molecular formula is C23H31ClO4. The summed E-state index contributed by atoms with van der Waals surface area (Å²) in [6.07, 6.45) is 9.44. The molecule has 1 aromatic carbocycles. The fourth-order valence-corrected chi connectivity index (χ4v) is 3.56. The molecule has 0 saturated carbocycles. The molecule has 0 aliphatic carbocycles. The molecule has 5 heteroatoms. The van der Waals surface area contributed by atoms with E-state index in [9.17, 15) is 15.0 Å². The Morgan fingerprint density at radius 3 is 2.32 bits per heavy atom. The average Bonchev–Trinajstić information content (AvgIpc) is 3.25. The first-order valence-corrected chi connectivity index (χ1v) is 10.1. The van der Waals surface area contributed by atoms with Crippen molar-refractivity contribution >= 4 is 17.9 Å².